The van der Waals surface area contributed by atoms with Gasteiger partial charge in [-0.15, -0.1) is 0 Å². The third-order valence-electron chi connectivity index (χ3n) is 3.78. The summed E-state index contributed by atoms with van der Waals surface area (Å²) >= 11 is 0. The van der Waals surface area contributed by atoms with Gasteiger partial charge in [-0.3, -0.25) is 0 Å². The monoisotopic (exact) mass is 247 g/mol. The molecule has 2 rings (SSSR count). The number of hydrogen-bond donors (Lipinski definition) is 1. The van der Waals surface area contributed by atoms with Gasteiger partial charge in [-0.25, -0.2) is 0 Å². The largest absolute Gasteiger partial charge is 0.380 e. The van der Waals surface area contributed by atoms with Crippen LogP contribution >= 0.6 is 0 Å². The average molecular weight is 247 g/mol. The predicted octanol–water partition coefficient (Wildman–Crippen LogP) is 3.12. The minimum absolute atomic E-state index is 0.463. The lowest BCUT2D eigenvalue weighted by molar-refractivity contribution is 0.104. The highest BCUT2D eigenvalue weighted by Gasteiger charge is 2.28. The summed E-state index contributed by atoms with van der Waals surface area (Å²) in [5.41, 5.74) is 3.06. The lowest BCUT2D eigenvalue weighted by Crippen LogP contribution is -2.38. The average Bonchev–Trinajstić information content (AvgIpc) is 2.82. The molecule has 0 heterocycles. The lowest BCUT2D eigenvalue weighted by atomic mass is 9.93. The maximum Gasteiger partial charge on any atom is 0.0625 e. The van der Waals surface area contributed by atoms with Crippen LogP contribution in [0.5, 0.6) is 0 Å². The Labute approximate surface area is 111 Å². The minimum Gasteiger partial charge on any atom is -0.380 e. The van der Waals surface area contributed by atoms with Crippen LogP contribution in [0.25, 0.3) is 0 Å². The molecule has 1 aliphatic carbocycles. The molecule has 0 spiro atoms. The molecule has 0 aromatic heterocycles. The van der Waals surface area contributed by atoms with Crippen molar-refractivity contribution >= 4 is 0 Å². The van der Waals surface area contributed by atoms with Crippen LogP contribution in [0.1, 0.15) is 43.7 Å². The molecule has 1 aromatic carbocycles. The first kappa shape index (κ1) is 13.6. The molecule has 2 unspecified atom stereocenters. The van der Waals surface area contributed by atoms with Crippen LogP contribution in [-0.2, 0) is 11.2 Å². The highest BCUT2D eigenvalue weighted by Crippen LogP contribution is 2.35. The van der Waals surface area contributed by atoms with E-state index in [4.69, 9.17) is 4.74 Å². The fraction of sp³-hybridized carbons (Fsp3) is 0.625. The van der Waals surface area contributed by atoms with E-state index in [-0.39, 0.29) is 0 Å². The molecule has 1 N–H and O–H groups in total. The number of likely N-dealkylation sites (N-methyl/N-ethyl adjacent to an activating group) is 1. The molecule has 0 saturated heterocycles. The van der Waals surface area contributed by atoms with E-state index < -0.39 is 0 Å². The molecule has 0 aliphatic heterocycles. The van der Waals surface area contributed by atoms with E-state index in [0.29, 0.717) is 12.0 Å². The summed E-state index contributed by atoms with van der Waals surface area (Å²) in [7, 11) is 0. The van der Waals surface area contributed by atoms with Gasteiger partial charge in [-0.05, 0) is 36.9 Å². The SMILES string of the molecule is CCCOCC(NCC)C1CCc2ccccc21. The van der Waals surface area contributed by atoms with Crippen LogP contribution in [0.2, 0.25) is 0 Å². The van der Waals surface area contributed by atoms with E-state index >= 15 is 0 Å². The van der Waals surface area contributed by atoms with E-state index in [1.54, 1.807) is 0 Å². The number of rotatable bonds is 7. The molecule has 18 heavy (non-hydrogen) atoms. The molecule has 1 aliphatic rings. The molecule has 0 saturated carbocycles. The van der Waals surface area contributed by atoms with Crippen molar-refractivity contribution in [2.75, 3.05) is 19.8 Å². The highest BCUT2D eigenvalue weighted by molar-refractivity contribution is 5.36. The molecule has 0 fully saturated rings. The van der Waals surface area contributed by atoms with Crippen molar-refractivity contribution in [3.05, 3.63) is 35.4 Å². The Bertz CT molecular complexity index is 364. The fourth-order valence-corrected chi connectivity index (χ4v) is 2.94. The quantitative estimate of drug-likeness (QED) is 0.747. The number of nitrogens with one attached hydrogen (secondary N) is 1. The molecular formula is C16H25NO. The van der Waals surface area contributed by atoms with Crippen molar-refractivity contribution in [1.82, 2.24) is 5.32 Å². The second-order valence-electron chi connectivity index (χ2n) is 5.08. The summed E-state index contributed by atoms with van der Waals surface area (Å²) in [5, 5.41) is 3.60. The number of ether oxygens (including phenoxy) is 1. The molecule has 2 nitrogen and oxygen atoms in total. The maximum absolute atomic E-state index is 5.76. The van der Waals surface area contributed by atoms with E-state index in [1.807, 2.05) is 0 Å². The van der Waals surface area contributed by atoms with Crippen LogP contribution in [-0.4, -0.2) is 25.8 Å². The van der Waals surface area contributed by atoms with Crippen molar-refractivity contribution in [3.63, 3.8) is 0 Å². The van der Waals surface area contributed by atoms with Gasteiger partial charge in [-0.2, -0.15) is 0 Å². The van der Waals surface area contributed by atoms with Crippen LogP contribution in [0.3, 0.4) is 0 Å². The number of aryl methyl sites for hydroxylation is 1. The minimum atomic E-state index is 0.463. The Hall–Kier alpha value is -0.860. The van der Waals surface area contributed by atoms with Gasteiger partial charge in [0.1, 0.15) is 0 Å². The van der Waals surface area contributed by atoms with Crippen LogP contribution in [0.4, 0.5) is 0 Å². The smallest absolute Gasteiger partial charge is 0.0625 e. The third-order valence-corrected chi connectivity index (χ3v) is 3.78. The third kappa shape index (κ3) is 3.12. The molecule has 2 heteroatoms. The molecule has 100 valence electrons. The Morgan fingerprint density at radius 3 is 2.94 bits per heavy atom. The Kier molecular flexibility index (Phi) is 5.21. The van der Waals surface area contributed by atoms with Crippen molar-refractivity contribution in [1.29, 1.82) is 0 Å². The maximum atomic E-state index is 5.76. The molecule has 0 radical (unpaired) electrons. The van der Waals surface area contributed by atoms with Gasteiger partial charge >= 0.3 is 0 Å². The Morgan fingerprint density at radius 2 is 2.17 bits per heavy atom. The van der Waals surface area contributed by atoms with Gasteiger partial charge in [0.2, 0.25) is 0 Å². The first-order valence-corrected chi connectivity index (χ1v) is 7.25. The van der Waals surface area contributed by atoms with Gasteiger partial charge < -0.3 is 10.1 Å². The van der Waals surface area contributed by atoms with E-state index in [9.17, 15) is 0 Å². The van der Waals surface area contributed by atoms with Crippen molar-refractivity contribution < 1.29 is 4.74 Å². The summed E-state index contributed by atoms with van der Waals surface area (Å²) in [5.74, 6) is 0.623. The van der Waals surface area contributed by atoms with Gasteiger partial charge in [0.25, 0.3) is 0 Å². The fourth-order valence-electron chi connectivity index (χ4n) is 2.94. The van der Waals surface area contributed by atoms with E-state index in [1.165, 1.54) is 24.0 Å². The predicted molar refractivity (Wildman–Crippen MR) is 76.1 cm³/mol. The normalized spacial score (nSPS) is 19.8. The molecular weight excluding hydrogens is 222 g/mol. The topological polar surface area (TPSA) is 21.3 Å². The zero-order chi connectivity index (χ0) is 12.8. The van der Waals surface area contributed by atoms with Crippen LogP contribution in [0.15, 0.2) is 24.3 Å². The van der Waals surface area contributed by atoms with Crippen LogP contribution < -0.4 is 5.32 Å². The second kappa shape index (κ2) is 6.91. The van der Waals surface area contributed by atoms with Crippen molar-refractivity contribution in [3.8, 4) is 0 Å². The van der Waals surface area contributed by atoms with Gasteiger partial charge in [0, 0.05) is 18.6 Å². The highest BCUT2D eigenvalue weighted by atomic mass is 16.5. The number of hydrogen-bond acceptors (Lipinski definition) is 2. The number of fused-ring (bicyclic) bond motifs is 1. The van der Waals surface area contributed by atoms with Crippen molar-refractivity contribution in [2.45, 2.75) is 45.1 Å². The first-order chi connectivity index (χ1) is 8.86. The molecule has 2 atom stereocenters. The standard InChI is InChI=1S/C16H25NO/c1-3-11-18-12-16(17-4-2)15-10-9-13-7-5-6-8-14(13)15/h5-8,15-17H,3-4,9-12H2,1-2H3. The van der Waals surface area contributed by atoms with E-state index in [0.717, 1.165) is 26.2 Å². The molecule has 0 bridgehead atoms. The number of benzene rings is 1. The van der Waals surface area contributed by atoms with Crippen molar-refractivity contribution in [2.24, 2.45) is 0 Å². The zero-order valence-corrected chi connectivity index (χ0v) is 11.6. The lowest BCUT2D eigenvalue weighted by Gasteiger charge is -2.25. The van der Waals surface area contributed by atoms with Gasteiger partial charge in [-0.1, -0.05) is 38.1 Å². The summed E-state index contributed by atoms with van der Waals surface area (Å²) < 4.78 is 5.76. The van der Waals surface area contributed by atoms with Gasteiger partial charge in [0.05, 0.1) is 6.61 Å². The first-order valence-electron chi connectivity index (χ1n) is 7.25. The van der Waals surface area contributed by atoms with Crippen LogP contribution in [0, 0.1) is 0 Å². The Balaban J connectivity index is 2.03. The molecule has 1 aromatic rings. The molecule has 0 amide bonds. The summed E-state index contributed by atoms with van der Waals surface area (Å²) in [6.45, 7) is 7.05. The Morgan fingerprint density at radius 1 is 1.33 bits per heavy atom. The second-order valence-corrected chi connectivity index (χ2v) is 5.08. The summed E-state index contributed by atoms with van der Waals surface area (Å²) in [6.07, 6.45) is 3.57. The van der Waals surface area contributed by atoms with E-state index in [2.05, 4.69) is 43.4 Å². The van der Waals surface area contributed by atoms with Gasteiger partial charge in [0.15, 0.2) is 0 Å². The summed E-state index contributed by atoms with van der Waals surface area (Å²) in [4.78, 5) is 0. The summed E-state index contributed by atoms with van der Waals surface area (Å²) in [6, 6.07) is 9.33. The zero-order valence-electron chi connectivity index (χ0n) is 11.6.